The Morgan fingerprint density at radius 2 is 1.83 bits per heavy atom. The van der Waals surface area contributed by atoms with Gasteiger partial charge in [0.05, 0.1) is 19.8 Å². The van der Waals surface area contributed by atoms with Crippen molar-refractivity contribution < 1.29 is 34.7 Å². The van der Waals surface area contributed by atoms with Crippen LogP contribution in [0.2, 0.25) is 0 Å². The Morgan fingerprint density at radius 3 is 2.28 bits per heavy atom. The molecule has 0 aliphatic carbocycles. The van der Waals surface area contributed by atoms with E-state index in [0.717, 1.165) is 0 Å². The fourth-order valence-corrected chi connectivity index (χ4v) is 1.68. The normalized spacial score (nSPS) is 23.4. The largest absolute Gasteiger partial charge is 0.394 e. The Morgan fingerprint density at radius 1 is 1.28 bits per heavy atom. The lowest BCUT2D eigenvalue weighted by molar-refractivity contribution is -0.149. The van der Waals surface area contributed by atoms with Gasteiger partial charge in [-0.3, -0.25) is 4.79 Å². The van der Waals surface area contributed by atoms with Crippen molar-refractivity contribution in [2.75, 3.05) is 19.8 Å². The summed E-state index contributed by atoms with van der Waals surface area (Å²) in [6.07, 6.45) is -5.57. The summed E-state index contributed by atoms with van der Waals surface area (Å²) in [5.74, 6) is -0.441. The maximum Gasteiger partial charge on any atom is 0.217 e. The SMILES string of the molecule is CC(=O)N[C@@H](C1OCCO1)[C@@H](O)[C@@H](O)[C@H](O)CO. The molecule has 8 heteroatoms. The smallest absolute Gasteiger partial charge is 0.217 e. The van der Waals surface area contributed by atoms with E-state index in [0.29, 0.717) is 13.2 Å². The van der Waals surface area contributed by atoms with Crippen molar-refractivity contribution in [2.45, 2.75) is 37.6 Å². The van der Waals surface area contributed by atoms with Crippen LogP contribution >= 0.6 is 0 Å². The van der Waals surface area contributed by atoms with Gasteiger partial charge < -0.3 is 35.2 Å². The standard InChI is InChI=1S/C10H19NO7/c1-5(13)11-7(10-17-2-3-18-10)9(16)8(15)6(14)4-12/h6-10,12,14-16H,2-4H2,1H3,(H,11,13)/t6-,7-,8+,9-/m1/s1. The molecule has 0 spiro atoms. The van der Waals surface area contributed by atoms with E-state index < -0.39 is 43.2 Å². The molecule has 1 fully saturated rings. The molecule has 5 N–H and O–H groups in total. The average molecular weight is 265 g/mol. The van der Waals surface area contributed by atoms with Gasteiger partial charge in [0.1, 0.15) is 24.4 Å². The van der Waals surface area contributed by atoms with E-state index in [1.807, 2.05) is 0 Å². The Hall–Kier alpha value is -0.770. The molecule has 1 saturated heterocycles. The van der Waals surface area contributed by atoms with Gasteiger partial charge in [-0.25, -0.2) is 0 Å². The van der Waals surface area contributed by atoms with Crippen LogP contribution in [-0.2, 0) is 14.3 Å². The molecule has 1 heterocycles. The zero-order valence-electron chi connectivity index (χ0n) is 10.0. The lowest BCUT2D eigenvalue weighted by Gasteiger charge is -2.31. The number of aliphatic hydroxyl groups excluding tert-OH is 4. The number of rotatable bonds is 6. The second kappa shape index (κ2) is 6.98. The maximum atomic E-state index is 11.1. The Bertz CT molecular complexity index is 269. The number of hydrogen-bond donors (Lipinski definition) is 5. The summed E-state index contributed by atoms with van der Waals surface area (Å²) in [5, 5.41) is 39.9. The van der Waals surface area contributed by atoms with Crippen molar-refractivity contribution in [2.24, 2.45) is 0 Å². The molecule has 8 nitrogen and oxygen atoms in total. The van der Waals surface area contributed by atoms with Gasteiger partial charge in [-0.05, 0) is 0 Å². The lowest BCUT2D eigenvalue weighted by Crippen LogP contribution is -2.57. The number of carbonyl (C=O) groups is 1. The summed E-state index contributed by atoms with van der Waals surface area (Å²) < 4.78 is 10.3. The average Bonchev–Trinajstić information content (AvgIpc) is 2.86. The van der Waals surface area contributed by atoms with Gasteiger partial charge in [-0.15, -0.1) is 0 Å². The number of nitrogens with one attached hydrogen (secondary N) is 1. The molecule has 0 aromatic carbocycles. The second-order valence-corrected chi connectivity index (χ2v) is 4.07. The molecule has 18 heavy (non-hydrogen) atoms. The van der Waals surface area contributed by atoms with Crippen LogP contribution in [0.25, 0.3) is 0 Å². The molecule has 0 radical (unpaired) electrons. The minimum absolute atomic E-state index is 0.312. The fourth-order valence-electron chi connectivity index (χ4n) is 1.68. The van der Waals surface area contributed by atoms with Crippen LogP contribution in [0.5, 0.6) is 0 Å². The molecule has 1 amide bonds. The minimum atomic E-state index is -1.63. The third-order valence-electron chi connectivity index (χ3n) is 2.61. The maximum absolute atomic E-state index is 11.1. The first kappa shape index (κ1) is 15.3. The zero-order valence-corrected chi connectivity index (χ0v) is 10.0. The quantitative estimate of drug-likeness (QED) is 0.345. The number of amides is 1. The Labute approximate surface area is 104 Å². The van der Waals surface area contributed by atoms with Crippen molar-refractivity contribution in [3.05, 3.63) is 0 Å². The first-order valence-electron chi connectivity index (χ1n) is 5.62. The molecule has 0 saturated carbocycles. The molecule has 1 aliphatic heterocycles. The molecule has 0 unspecified atom stereocenters. The van der Waals surface area contributed by atoms with Crippen LogP contribution in [0, 0.1) is 0 Å². The Kier molecular flexibility index (Phi) is 5.93. The molecule has 0 bridgehead atoms. The number of ether oxygens (including phenoxy) is 2. The van der Waals surface area contributed by atoms with Gasteiger partial charge in [-0.2, -0.15) is 0 Å². The summed E-state index contributed by atoms with van der Waals surface area (Å²) in [5.41, 5.74) is 0. The summed E-state index contributed by atoms with van der Waals surface area (Å²) >= 11 is 0. The molecule has 0 aromatic heterocycles. The molecule has 0 aromatic rings. The van der Waals surface area contributed by atoms with Crippen LogP contribution in [0.1, 0.15) is 6.92 Å². The third kappa shape index (κ3) is 3.87. The van der Waals surface area contributed by atoms with Gasteiger partial charge in [0.25, 0.3) is 0 Å². The highest BCUT2D eigenvalue weighted by molar-refractivity contribution is 5.73. The van der Waals surface area contributed by atoms with Gasteiger partial charge in [0, 0.05) is 6.92 Å². The van der Waals surface area contributed by atoms with Crippen LogP contribution in [0.4, 0.5) is 0 Å². The van der Waals surface area contributed by atoms with E-state index in [4.69, 9.17) is 14.6 Å². The van der Waals surface area contributed by atoms with Crippen LogP contribution in [0.3, 0.4) is 0 Å². The van der Waals surface area contributed by atoms with Gasteiger partial charge in [-0.1, -0.05) is 0 Å². The highest BCUT2D eigenvalue weighted by atomic mass is 16.7. The van der Waals surface area contributed by atoms with Gasteiger partial charge >= 0.3 is 0 Å². The highest BCUT2D eigenvalue weighted by Gasteiger charge is 2.39. The number of carbonyl (C=O) groups excluding carboxylic acids is 1. The summed E-state index contributed by atoms with van der Waals surface area (Å²) in [6, 6.07) is -1.03. The first-order valence-corrected chi connectivity index (χ1v) is 5.62. The zero-order chi connectivity index (χ0) is 13.7. The molecule has 1 rings (SSSR count). The lowest BCUT2D eigenvalue weighted by atomic mass is 10.0. The van der Waals surface area contributed by atoms with Crippen LogP contribution < -0.4 is 5.32 Å². The summed E-state index contributed by atoms with van der Waals surface area (Å²) in [4.78, 5) is 11.1. The van der Waals surface area contributed by atoms with E-state index in [1.54, 1.807) is 0 Å². The van der Waals surface area contributed by atoms with E-state index in [1.165, 1.54) is 6.92 Å². The molecular formula is C10H19NO7. The first-order chi connectivity index (χ1) is 8.47. The van der Waals surface area contributed by atoms with Crippen LogP contribution in [-0.4, -0.2) is 76.8 Å². The Balaban J connectivity index is 2.71. The minimum Gasteiger partial charge on any atom is -0.394 e. The molecule has 106 valence electrons. The predicted octanol–water partition coefficient (Wildman–Crippen LogP) is -3.06. The number of hydrogen-bond acceptors (Lipinski definition) is 7. The van der Waals surface area contributed by atoms with Crippen molar-refractivity contribution >= 4 is 5.91 Å². The highest BCUT2D eigenvalue weighted by Crippen LogP contribution is 2.15. The molecule has 4 atom stereocenters. The summed E-state index contributed by atoms with van der Waals surface area (Å²) in [7, 11) is 0. The van der Waals surface area contributed by atoms with E-state index >= 15 is 0 Å². The van der Waals surface area contributed by atoms with E-state index in [-0.39, 0.29) is 0 Å². The van der Waals surface area contributed by atoms with Crippen molar-refractivity contribution in [1.82, 2.24) is 5.32 Å². The van der Waals surface area contributed by atoms with Crippen LogP contribution in [0.15, 0.2) is 0 Å². The predicted molar refractivity (Wildman–Crippen MR) is 58.4 cm³/mol. The summed E-state index contributed by atoms with van der Waals surface area (Å²) in [6.45, 7) is 1.15. The fraction of sp³-hybridized carbons (Fsp3) is 0.900. The second-order valence-electron chi connectivity index (χ2n) is 4.07. The van der Waals surface area contributed by atoms with E-state index in [2.05, 4.69) is 5.32 Å². The number of aliphatic hydroxyl groups is 4. The van der Waals surface area contributed by atoms with Crippen molar-refractivity contribution in [1.29, 1.82) is 0 Å². The van der Waals surface area contributed by atoms with Gasteiger partial charge in [0.2, 0.25) is 5.91 Å². The van der Waals surface area contributed by atoms with Crippen molar-refractivity contribution in [3.63, 3.8) is 0 Å². The molecular weight excluding hydrogens is 246 g/mol. The monoisotopic (exact) mass is 265 g/mol. The van der Waals surface area contributed by atoms with E-state index in [9.17, 15) is 20.1 Å². The topological polar surface area (TPSA) is 128 Å². The molecule has 1 aliphatic rings. The van der Waals surface area contributed by atoms with Crippen molar-refractivity contribution in [3.8, 4) is 0 Å². The van der Waals surface area contributed by atoms with Gasteiger partial charge in [0.15, 0.2) is 6.29 Å². The third-order valence-corrected chi connectivity index (χ3v) is 2.61.